The molecule has 0 aromatic rings. The van der Waals surface area contributed by atoms with Crippen LogP contribution >= 0.6 is 0 Å². The van der Waals surface area contributed by atoms with Crippen LogP contribution in [0.25, 0.3) is 0 Å². The standard InChI is InChI=1S/C23H44O4/c1-4-6-19-26-22(24)18-16-14-12-10-8-9-11-13-15-17-21(3)23(25)27-20-7-5-2/h21H,4-20H2,1-3H3. The summed E-state index contributed by atoms with van der Waals surface area (Å²) in [6.07, 6.45) is 16.2. The Balaban J connectivity index is 3.31. The number of esters is 2. The number of hydrogen-bond donors (Lipinski definition) is 0. The highest BCUT2D eigenvalue weighted by molar-refractivity contribution is 5.71. The molecule has 0 aromatic heterocycles. The minimum atomic E-state index is -0.0353. The monoisotopic (exact) mass is 384 g/mol. The fraction of sp³-hybridized carbons (Fsp3) is 0.913. The molecule has 1 atom stereocenters. The molecule has 4 nitrogen and oxygen atoms in total. The van der Waals surface area contributed by atoms with Crippen LogP contribution in [-0.4, -0.2) is 25.2 Å². The average molecular weight is 385 g/mol. The Morgan fingerprint density at radius 1 is 0.667 bits per heavy atom. The summed E-state index contributed by atoms with van der Waals surface area (Å²) >= 11 is 0. The van der Waals surface area contributed by atoms with E-state index in [2.05, 4.69) is 13.8 Å². The normalized spacial score (nSPS) is 12.0. The molecule has 0 radical (unpaired) electrons. The number of unbranched alkanes of at least 4 members (excludes halogenated alkanes) is 10. The van der Waals surface area contributed by atoms with Gasteiger partial charge in [-0.15, -0.1) is 0 Å². The van der Waals surface area contributed by atoms with Crippen molar-refractivity contribution < 1.29 is 19.1 Å². The SMILES string of the molecule is CCCCOC(=O)CCCCCCCCCCCC(C)C(=O)OCCCC. The Hall–Kier alpha value is -1.06. The van der Waals surface area contributed by atoms with Crippen LogP contribution in [-0.2, 0) is 19.1 Å². The molecule has 0 aliphatic carbocycles. The van der Waals surface area contributed by atoms with Crippen molar-refractivity contribution in [3.8, 4) is 0 Å². The third-order valence-electron chi connectivity index (χ3n) is 4.92. The van der Waals surface area contributed by atoms with Gasteiger partial charge in [0.05, 0.1) is 19.1 Å². The van der Waals surface area contributed by atoms with Gasteiger partial charge in [0, 0.05) is 6.42 Å². The lowest BCUT2D eigenvalue weighted by Gasteiger charge is -2.11. The van der Waals surface area contributed by atoms with Crippen LogP contribution in [0.2, 0.25) is 0 Å². The second-order valence-corrected chi connectivity index (χ2v) is 7.72. The average Bonchev–Trinajstić information content (AvgIpc) is 2.66. The smallest absolute Gasteiger partial charge is 0.308 e. The second kappa shape index (κ2) is 19.7. The van der Waals surface area contributed by atoms with E-state index in [0.717, 1.165) is 51.4 Å². The molecule has 0 aromatic carbocycles. The molecule has 0 saturated carbocycles. The van der Waals surface area contributed by atoms with Crippen LogP contribution in [0.5, 0.6) is 0 Å². The molecule has 0 saturated heterocycles. The maximum absolute atomic E-state index is 11.8. The largest absolute Gasteiger partial charge is 0.466 e. The third kappa shape index (κ3) is 18.1. The van der Waals surface area contributed by atoms with Gasteiger partial charge in [0.2, 0.25) is 0 Å². The number of carbonyl (C=O) groups is 2. The molecule has 4 heteroatoms. The third-order valence-corrected chi connectivity index (χ3v) is 4.92. The Morgan fingerprint density at radius 2 is 1.15 bits per heavy atom. The lowest BCUT2D eigenvalue weighted by atomic mass is 10.0. The fourth-order valence-corrected chi connectivity index (χ4v) is 2.94. The van der Waals surface area contributed by atoms with Crippen LogP contribution in [0.15, 0.2) is 0 Å². The predicted molar refractivity (Wildman–Crippen MR) is 112 cm³/mol. The first-order chi connectivity index (χ1) is 13.1. The topological polar surface area (TPSA) is 52.6 Å². The summed E-state index contributed by atoms with van der Waals surface area (Å²) in [6.45, 7) is 7.32. The molecule has 0 aliphatic heterocycles. The Bertz CT molecular complexity index is 354. The van der Waals surface area contributed by atoms with Crippen molar-refractivity contribution in [2.45, 2.75) is 117 Å². The Kier molecular flexibility index (Phi) is 18.9. The van der Waals surface area contributed by atoms with Gasteiger partial charge < -0.3 is 9.47 Å². The number of ether oxygens (including phenoxy) is 2. The molecule has 0 N–H and O–H groups in total. The summed E-state index contributed by atoms with van der Waals surface area (Å²) in [5.74, 6) is -0.0277. The molecule has 0 spiro atoms. The first-order valence-electron chi connectivity index (χ1n) is 11.4. The van der Waals surface area contributed by atoms with Gasteiger partial charge in [-0.2, -0.15) is 0 Å². The van der Waals surface area contributed by atoms with Crippen molar-refractivity contribution in [1.82, 2.24) is 0 Å². The first-order valence-corrected chi connectivity index (χ1v) is 11.4. The van der Waals surface area contributed by atoms with Gasteiger partial charge in [0.15, 0.2) is 0 Å². The Labute approximate surface area is 167 Å². The minimum absolute atomic E-state index is 0.0299. The molecule has 1 unspecified atom stereocenters. The van der Waals surface area contributed by atoms with E-state index in [1.54, 1.807) is 0 Å². The molecule has 0 heterocycles. The molecular weight excluding hydrogens is 340 g/mol. The predicted octanol–water partition coefficient (Wildman–Crippen LogP) is 6.60. The van der Waals surface area contributed by atoms with Crippen LogP contribution in [0.1, 0.15) is 117 Å². The molecular formula is C23H44O4. The van der Waals surface area contributed by atoms with Gasteiger partial charge in [-0.3, -0.25) is 9.59 Å². The maximum atomic E-state index is 11.8. The summed E-state index contributed by atoms with van der Waals surface area (Å²) in [4.78, 5) is 23.2. The summed E-state index contributed by atoms with van der Waals surface area (Å²) in [7, 11) is 0. The minimum Gasteiger partial charge on any atom is -0.466 e. The van der Waals surface area contributed by atoms with Gasteiger partial charge >= 0.3 is 11.9 Å². The zero-order valence-corrected chi connectivity index (χ0v) is 18.2. The Morgan fingerprint density at radius 3 is 1.70 bits per heavy atom. The number of carbonyl (C=O) groups excluding carboxylic acids is 2. The van der Waals surface area contributed by atoms with Gasteiger partial charge in [-0.05, 0) is 25.7 Å². The van der Waals surface area contributed by atoms with Gasteiger partial charge in [0.25, 0.3) is 0 Å². The molecule has 0 bridgehead atoms. The quantitative estimate of drug-likeness (QED) is 0.186. The van der Waals surface area contributed by atoms with Crippen molar-refractivity contribution in [2.24, 2.45) is 5.92 Å². The van der Waals surface area contributed by atoms with Crippen molar-refractivity contribution in [2.75, 3.05) is 13.2 Å². The van der Waals surface area contributed by atoms with Crippen molar-refractivity contribution in [3.05, 3.63) is 0 Å². The lowest BCUT2D eigenvalue weighted by molar-refractivity contribution is -0.148. The van der Waals surface area contributed by atoms with Crippen molar-refractivity contribution >= 4 is 11.9 Å². The molecule has 0 rings (SSSR count). The highest BCUT2D eigenvalue weighted by Gasteiger charge is 2.13. The van der Waals surface area contributed by atoms with E-state index in [1.807, 2.05) is 6.92 Å². The summed E-state index contributed by atoms with van der Waals surface area (Å²) in [5, 5.41) is 0. The lowest BCUT2D eigenvalue weighted by Crippen LogP contribution is -2.15. The van der Waals surface area contributed by atoms with E-state index in [4.69, 9.17) is 9.47 Å². The molecule has 160 valence electrons. The fourth-order valence-electron chi connectivity index (χ4n) is 2.94. The van der Waals surface area contributed by atoms with Crippen LogP contribution < -0.4 is 0 Å². The molecule has 27 heavy (non-hydrogen) atoms. The highest BCUT2D eigenvalue weighted by atomic mass is 16.5. The van der Waals surface area contributed by atoms with E-state index in [9.17, 15) is 9.59 Å². The van der Waals surface area contributed by atoms with Crippen LogP contribution in [0.3, 0.4) is 0 Å². The first kappa shape index (κ1) is 25.9. The van der Waals surface area contributed by atoms with E-state index < -0.39 is 0 Å². The maximum Gasteiger partial charge on any atom is 0.308 e. The second-order valence-electron chi connectivity index (χ2n) is 7.72. The van der Waals surface area contributed by atoms with Crippen molar-refractivity contribution in [1.29, 1.82) is 0 Å². The van der Waals surface area contributed by atoms with E-state index in [1.165, 1.54) is 38.5 Å². The number of rotatable bonds is 19. The molecule has 0 amide bonds. The van der Waals surface area contributed by atoms with Gasteiger partial charge in [0.1, 0.15) is 0 Å². The highest BCUT2D eigenvalue weighted by Crippen LogP contribution is 2.15. The van der Waals surface area contributed by atoms with Crippen LogP contribution in [0, 0.1) is 5.92 Å². The van der Waals surface area contributed by atoms with Crippen LogP contribution in [0.4, 0.5) is 0 Å². The molecule has 0 aliphatic rings. The zero-order valence-electron chi connectivity index (χ0n) is 18.2. The summed E-state index contributed by atoms with van der Waals surface area (Å²) in [6, 6.07) is 0. The van der Waals surface area contributed by atoms with E-state index in [0.29, 0.717) is 19.6 Å². The summed E-state index contributed by atoms with van der Waals surface area (Å²) in [5.41, 5.74) is 0. The molecule has 0 fully saturated rings. The van der Waals surface area contributed by atoms with Gasteiger partial charge in [-0.1, -0.05) is 85.0 Å². The zero-order chi connectivity index (χ0) is 20.2. The van der Waals surface area contributed by atoms with Crippen molar-refractivity contribution in [3.63, 3.8) is 0 Å². The number of hydrogen-bond acceptors (Lipinski definition) is 4. The van der Waals surface area contributed by atoms with E-state index >= 15 is 0 Å². The summed E-state index contributed by atoms with van der Waals surface area (Å²) < 4.78 is 10.4. The van der Waals surface area contributed by atoms with Gasteiger partial charge in [-0.25, -0.2) is 0 Å². The van der Waals surface area contributed by atoms with E-state index in [-0.39, 0.29) is 17.9 Å².